The van der Waals surface area contributed by atoms with Gasteiger partial charge in [-0.05, 0) is 73.2 Å². The standard InChI is InChI=1S/C19H19ClN2O2/c1-13(15-6-5-14-3-2-4-16(14)11-15)21-22-19(23)12-24-18-9-7-17(20)8-10-18/h5-11H,2-4,12H2,1H3,(H,22,23)/b21-13+. The number of aryl methyl sites for hydroxylation is 2. The Labute approximate surface area is 146 Å². The van der Waals surface area contributed by atoms with Crippen molar-refractivity contribution in [2.75, 3.05) is 6.61 Å². The number of hydrogen-bond donors (Lipinski definition) is 1. The highest BCUT2D eigenvalue weighted by Gasteiger charge is 2.11. The fraction of sp³-hybridized carbons (Fsp3) is 0.263. The predicted molar refractivity (Wildman–Crippen MR) is 95.8 cm³/mol. The summed E-state index contributed by atoms with van der Waals surface area (Å²) in [6.45, 7) is 1.79. The summed E-state index contributed by atoms with van der Waals surface area (Å²) in [5, 5.41) is 4.79. The minimum absolute atomic E-state index is 0.0946. The van der Waals surface area contributed by atoms with Crippen molar-refractivity contribution in [3.63, 3.8) is 0 Å². The van der Waals surface area contributed by atoms with Gasteiger partial charge in [0.15, 0.2) is 6.61 Å². The van der Waals surface area contributed by atoms with Gasteiger partial charge >= 0.3 is 0 Å². The summed E-state index contributed by atoms with van der Waals surface area (Å²) >= 11 is 5.80. The van der Waals surface area contributed by atoms with E-state index in [1.165, 1.54) is 17.5 Å². The van der Waals surface area contributed by atoms with Crippen LogP contribution in [0.2, 0.25) is 5.02 Å². The van der Waals surface area contributed by atoms with Crippen LogP contribution in [-0.4, -0.2) is 18.2 Å². The maximum Gasteiger partial charge on any atom is 0.277 e. The Morgan fingerprint density at radius 2 is 1.92 bits per heavy atom. The molecule has 0 saturated heterocycles. The molecule has 5 heteroatoms. The minimum Gasteiger partial charge on any atom is -0.484 e. The van der Waals surface area contributed by atoms with Crippen molar-refractivity contribution < 1.29 is 9.53 Å². The highest BCUT2D eigenvalue weighted by molar-refractivity contribution is 6.30. The number of hydrogen-bond acceptors (Lipinski definition) is 3. The lowest BCUT2D eigenvalue weighted by Gasteiger charge is -2.07. The summed E-state index contributed by atoms with van der Waals surface area (Å²) in [5.74, 6) is 0.291. The molecule has 0 fully saturated rings. The molecule has 0 aliphatic heterocycles. The lowest BCUT2D eigenvalue weighted by molar-refractivity contribution is -0.123. The van der Waals surface area contributed by atoms with E-state index in [9.17, 15) is 4.79 Å². The molecule has 24 heavy (non-hydrogen) atoms. The van der Waals surface area contributed by atoms with Crippen molar-refractivity contribution in [1.29, 1.82) is 0 Å². The molecule has 0 aromatic heterocycles. The molecule has 1 amide bonds. The Kier molecular flexibility index (Phi) is 5.16. The van der Waals surface area contributed by atoms with Gasteiger partial charge in [0, 0.05) is 5.02 Å². The molecule has 0 unspecified atom stereocenters. The van der Waals surface area contributed by atoms with Gasteiger partial charge in [0.25, 0.3) is 5.91 Å². The maximum absolute atomic E-state index is 11.8. The third kappa shape index (κ3) is 4.15. The highest BCUT2D eigenvalue weighted by atomic mass is 35.5. The van der Waals surface area contributed by atoms with E-state index in [0.717, 1.165) is 24.1 Å². The number of fused-ring (bicyclic) bond motifs is 1. The summed E-state index contributed by atoms with van der Waals surface area (Å²) in [7, 11) is 0. The van der Waals surface area contributed by atoms with Crippen LogP contribution in [0, 0.1) is 0 Å². The van der Waals surface area contributed by atoms with E-state index in [-0.39, 0.29) is 12.5 Å². The summed E-state index contributed by atoms with van der Waals surface area (Å²) in [5.41, 5.74) is 7.16. The molecule has 0 radical (unpaired) electrons. The number of ether oxygens (including phenoxy) is 1. The van der Waals surface area contributed by atoms with Crippen LogP contribution in [0.1, 0.15) is 30.0 Å². The Morgan fingerprint density at radius 1 is 1.17 bits per heavy atom. The molecule has 124 valence electrons. The normalized spacial score (nSPS) is 13.5. The number of halogens is 1. The van der Waals surface area contributed by atoms with Crippen LogP contribution < -0.4 is 10.2 Å². The quantitative estimate of drug-likeness (QED) is 0.664. The number of hydrazone groups is 1. The lowest BCUT2D eigenvalue weighted by atomic mass is 10.0. The number of nitrogens with zero attached hydrogens (tertiary/aromatic N) is 1. The van der Waals surface area contributed by atoms with E-state index in [4.69, 9.17) is 16.3 Å². The van der Waals surface area contributed by atoms with Gasteiger partial charge in [0.05, 0.1) is 5.71 Å². The lowest BCUT2D eigenvalue weighted by Crippen LogP contribution is -2.25. The van der Waals surface area contributed by atoms with E-state index >= 15 is 0 Å². The average molecular weight is 343 g/mol. The number of nitrogens with one attached hydrogen (secondary N) is 1. The molecule has 4 nitrogen and oxygen atoms in total. The molecule has 2 aromatic carbocycles. The van der Waals surface area contributed by atoms with Crippen LogP contribution in [0.3, 0.4) is 0 Å². The van der Waals surface area contributed by atoms with Gasteiger partial charge in [-0.1, -0.05) is 23.7 Å². The Morgan fingerprint density at radius 3 is 2.71 bits per heavy atom. The summed E-state index contributed by atoms with van der Waals surface area (Å²) in [6.07, 6.45) is 3.50. The van der Waals surface area contributed by atoms with Crippen molar-refractivity contribution in [2.45, 2.75) is 26.2 Å². The van der Waals surface area contributed by atoms with Gasteiger partial charge in [0.1, 0.15) is 5.75 Å². The molecule has 3 rings (SSSR count). The van der Waals surface area contributed by atoms with E-state index < -0.39 is 0 Å². The van der Waals surface area contributed by atoms with Crippen LogP contribution in [-0.2, 0) is 17.6 Å². The minimum atomic E-state index is -0.300. The Bertz CT molecular complexity index is 769. The van der Waals surface area contributed by atoms with Crippen molar-refractivity contribution in [2.24, 2.45) is 5.10 Å². The molecule has 1 aliphatic rings. The molecule has 0 atom stereocenters. The number of carbonyl (C=O) groups is 1. The second-order valence-electron chi connectivity index (χ2n) is 5.81. The fourth-order valence-electron chi connectivity index (χ4n) is 2.72. The van der Waals surface area contributed by atoms with Gasteiger partial charge in [-0.2, -0.15) is 5.10 Å². The maximum atomic E-state index is 11.8. The van der Waals surface area contributed by atoms with E-state index in [1.807, 2.05) is 6.92 Å². The first-order valence-corrected chi connectivity index (χ1v) is 8.33. The van der Waals surface area contributed by atoms with Gasteiger partial charge in [-0.15, -0.1) is 0 Å². The SMILES string of the molecule is C/C(=N\NC(=O)COc1ccc(Cl)cc1)c1ccc2c(c1)CCC2. The molecule has 1 N–H and O–H groups in total. The zero-order valence-corrected chi connectivity index (χ0v) is 14.3. The first-order chi connectivity index (χ1) is 11.6. The molecule has 0 heterocycles. The molecule has 0 spiro atoms. The molecule has 0 saturated carbocycles. The molecular formula is C19H19ClN2O2. The van der Waals surface area contributed by atoms with Crippen LogP contribution in [0.15, 0.2) is 47.6 Å². The van der Waals surface area contributed by atoms with Gasteiger partial charge in [0.2, 0.25) is 0 Å². The Hall–Kier alpha value is -2.33. The molecule has 1 aliphatic carbocycles. The van der Waals surface area contributed by atoms with E-state index in [0.29, 0.717) is 10.8 Å². The van der Waals surface area contributed by atoms with Crippen molar-refractivity contribution in [3.8, 4) is 5.75 Å². The summed E-state index contributed by atoms with van der Waals surface area (Å²) < 4.78 is 5.38. The topological polar surface area (TPSA) is 50.7 Å². The van der Waals surface area contributed by atoms with E-state index in [1.54, 1.807) is 24.3 Å². The first kappa shape index (κ1) is 16.5. The van der Waals surface area contributed by atoms with Crippen LogP contribution in [0.25, 0.3) is 0 Å². The fourth-order valence-corrected chi connectivity index (χ4v) is 2.85. The largest absolute Gasteiger partial charge is 0.484 e. The first-order valence-electron chi connectivity index (χ1n) is 7.95. The average Bonchev–Trinajstić information content (AvgIpc) is 3.06. The van der Waals surface area contributed by atoms with Gasteiger partial charge < -0.3 is 4.74 Å². The van der Waals surface area contributed by atoms with Crippen LogP contribution in [0.4, 0.5) is 0 Å². The zero-order chi connectivity index (χ0) is 16.9. The number of carbonyl (C=O) groups excluding carboxylic acids is 1. The van der Waals surface area contributed by atoms with Crippen molar-refractivity contribution in [3.05, 3.63) is 64.2 Å². The molecule has 2 aromatic rings. The smallest absolute Gasteiger partial charge is 0.277 e. The number of rotatable bonds is 5. The second-order valence-corrected chi connectivity index (χ2v) is 6.25. The second kappa shape index (κ2) is 7.49. The van der Waals surface area contributed by atoms with Gasteiger partial charge in [-0.3, -0.25) is 4.79 Å². The predicted octanol–water partition coefficient (Wildman–Crippen LogP) is 3.75. The van der Waals surface area contributed by atoms with Crippen LogP contribution in [0.5, 0.6) is 5.75 Å². The molecular weight excluding hydrogens is 324 g/mol. The monoisotopic (exact) mass is 342 g/mol. The van der Waals surface area contributed by atoms with Crippen LogP contribution >= 0.6 is 11.6 Å². The van der Waals surface area contributed by atoms with Crippen molar-refractivity contribution >= 4 is 23.2 Å². The zero-order valence-electron chi connectivity index (χ0n) is 13.5. The highest BCUT2D eigenvalue weighted by Crippen LogP contribution is 2.23. The van der Waals surface area contributed by atoms with Gasteiger partial charge in [-0.25, -0.2) is 5.43 Å². The van der Waals surface area contributed by atoms with Crippen molar-refractivity contribution in [1.82, 2.24) is 5.43 Å². The Balaban J connectivity index is 1.54. The molecule has 0 bridgehead atoms. The summed E-state index contributed by atoms with van der Waals surface area (Å²) in [6, 6.07) is 13.2. The number of amides is 1. The van der Waals surface area contributed by atoms with E-state index in [2.05, 4.69) is 28.7 Å². The third-order valence-electron chi connectivity index (χ3n) is 4.05. The summed E-state index contributed by atoms with van der Waals surface area (Å²) in [4.78, 5) is 11.8. The third-order valence-corrected chi connectivity index (χ3v) is 4.30. The number of benzene rings is 2.